The number of benzene rings is 2. The molecule has 2 aromatic rings. The third kappa shape index (κ3) is 3.26. The Morgan fingerprint density at radius 3 is 2.15 bits per heavy atom. The van der Waals surface area contributed by atoms with E-state index in [0.717, 1.165) is 11.1 Å². The Bertz CT molecular complexity index is 658. The minimum Gasteiger partial charge on any atom is -0.423 e. The van der Waals surface area contributed by atoms with Gasteiger partial charge in [-0.3, -0.25) is 0 Å². The lowest BCUT2D eigenvalue weighted by atomic mass is 10.1. The van der Waals surface area contributed by atoms with Crippen molar-refractivity contribution in [3.05, 3.63) is 62.1 Å². The van der Waals surface area contributed by atoms with Crippen molar-refractivity contribution < 1.29 is 9.53 Å². The summed E-state index contributed by atoms with van der Waals surface area (Å²) in [6.07, 6.45) is 0. The fourth-order valence-electron chi connectivity index (χ4n) is 1.78. The molecule has 2 aromatic carbocycles. The van der Waals surface area contributed by atoms with Crippen LogP contribution in [0.25, 0.3) is 0 Å². The standard InChI is InChI=1S/C15H11Cl3O2/c1-8-5-11(6-9(2)14(8)18)20-15(19)12-4-3-10(16)7-13(12)17/h3-7H,1-2H3. The van der Waals surface area contributed by atoms with Gasteiger partial charge in [0.1, 0.15) is 5.75 Å². The average molecular weight is 330 g/mol. The molecule has 0 N–H and O–H groups in total. The van der Waals surface area contributed by atoms with Crippen molar-refractivity contribution in [3.8, 4) is 5.75 Å². The maximum atomic E-state index is 12.1. The molecule has 0 radical (unpaired) electrons. The largest absolute Gasteiger partial charge is 0.423 e. The summed E-state index contributed by atoms with van der Waals surface area (Å²) < 4.78 is 5.31. The van der Waals surface area contributed by atoms with Crippen LogP contribution >= 0.6 is 34.8 Å². The van der Waals surface area contributed by atoms with Crippen molar-refractivity contribution in [2.24, 2.45) is 0 Å². The molecule has 0 saturated heterocycles. The number of aryl methyl sites for hydroxylation is 2. The first kappa shape index (κ1) is 15.2. The van der Waals surface area contributed by atoms with Crippen LogP contribution in [0.15, 0.2) is 30.3 Å². The number of halogens is 3. The predicted octanol–water partition coefficient (Wildman–Crippen LogP) is 5.48. The van der Waals surface area contributed by atoms with Crippen molar-refractivity contribution in [3.63, 3.8) is 0 Å². The van der Waals surface area contributed by atoms with Crippen LogP contribution in [-0.2, 0) is 0 Å². The van der Waals surface area contributed by atoms with Gasteiger partial charge in [0.15, 0.2) is 0 Å². The number of carbonyl (C=O) groups excluding carboxylic acids is 1. The molecule has 0 spiro atoms. The molecule has 0 aliphatic heterocycles. The minimum absolute atomic E-state index is 0.255. The number of esters is 1. The van der Waals surface area contributed by atoms with E-state index in [0.29, 0.717) is 15.8 Å². The quantitative estimate of drug-likeness (QED) is 0.538. The molecular weight excluding hydrogens is 319 g/mol. The van der Waals surface area contributed by atoms with E-state index in [1.54, 1.807) is 18.2 Å². The molecule has 0 saturated carbocycles. The van der Waals surface area contributed by atoms with Gasteiger partial charge >= 0.3 is 5.97 Å². The summed E-state index contributed by atoms with van der Waals surface area (Å²) in [6.45, 7) is 3.70. The van der Waals surface area contributed by atoms with Crippen molar-refractivity contribution in [2.45, 2.75) is 13.8 Å². The Balaban J connectivity index is 2.28. The second-order valence-corrected chi connectivity index (χ2v) is 5.61. The molecule has 0 aliphatic carbocycles. The van der Waals surface area contributed by atoms with E-state index in [9.17, 15) is 4.79 Å². The monoisotopic (exact) mass is 328 g/mol. The van der Waals surface area contributed by atoms with Gasteiger partial charge in [0.2, 0.25) is 0 Å². The molecule has 0 fully saturated rings. The van der Waals surface area contributed by atoms with Gasteiger partial charge in [-0.2, -0.15) is 0 Å². The van der Waals surface area contributed by atoms with E-state index in [1.165, 1.54) is 12.1 Å². The molecule has 0 aromatic heterocycles. The fourth-order valence-corrected chi connectivity index (χ4v) is 2.38. The third-order valence-electron chi connectivity index (χ3n) is 2.77. The first-order valence-corrected chi connectivity index (χ1v) is 6.96. The molecule has 0 unspecified atom stereocenters. The van der Waals surface area contributed by atoms with Crippen molar-refractivity contribution >= 4 is 40.8 Å². The Hall–Kier alpha value is -1.22. The Morgan fingerprint density at radius 2 is 1.60 bits per heavy atom. The lowest BCUT2D eigenvalue weighted by Gasteiger charge is -2.09. The number of carbonyl (C=O) groups is 1. The maximum Gasteiger partial charge on any atom is 0.345 e. The SMILES string of the molecule is Cc1cc(OC(=O)c2ccc(Cl)cc2Cl)cc(C)c1Cl. The molecule has 104 valence electrons. The molecule has 2 rings (SSSR count). The van der Waals surface area contributed by atoms with E-state index in [1.807, 2.05) is 13.8 Å². The summed E-state index contributed by atoms with van der Waals surface area (Å²) >= 11 is 17.8. The zero-order valence-corrected chi connectivity index (χ0v) is 13.1. The van der Waals surface area contributed by atoms with E-state index in [4.69, 9.17) is 39.5 Å². The summed E-state index contributed by atoms with van der Waals surface area (Å²) in [5, 5.41) is 1.38. The molecular formula is C15H11Cl3O2. The molecule has 0 bridgehead atoms. The third-order valence-corrected chi connectivity index (χ3v) is 3.92. The zero-order valence-electron chi connectivity index (χ0n) is 10.8. The van der Waals surface area contributed by atoms with Crippen LogP contribution in [0, 0.1) is 13.8 Å². The predicted molar refractivity (Wildman–Crippen MR) is 82.3 cm³/mol. The maximum absolute atomic E-state index is 12.1. The van der Waals surface area contributed by atoms with Gasteiger partial charge in [0.05, 0.1) is 10.6 Å². The Labute approximate surface area is 132 Å². The average Bonchev–Trinajstić information content (AvgIpc) is 2.35. The first-order valence-electron chi connectivity index (χ1n) is 5.82. The van der Waals surface area contributed by atoms with Crippen LogP contribution < -0.4 is 4.74 Å². The van der Waals surface area contributed by atoms with Crippen molar-refractivity contribution in [2.75, 3.05) is 0 Å². The molecule has 0 amide bonds. The van der Waals surface area contributed by atoms with Crippen LogP contribution in [-0.4, -0.2) is 5.97 Å². The van der Waals surface area contributed by atoms with Crippen molar-refractivity contribution in [1.29, 1.82) is 0 Å². The lowest BCUT2D eigenvalue weighted by molar-refractivity contribution is 0.0735. The highest BCUT2D eigenvalue weighted by Gasteiger charge is 2.14. The van der Waals surface area contributed by atoms with Crippen LogP contribution in [0.2, 0.25) is 15.1 Å². The molecule has 2 nitrogen and oxygen atoms in total. The van der Waals surface area contributed by atoms with Gasteiger partial charge in [-0.25, -0.2) is 4.79 Å². The van der Waals surface area contributed by atoms with Crippen molar-refractivity contribution in [1.82, 2.24) is 0 Å². The van der Waals surface area contributed by atoms with Crippen LogP contribution in [0.1, 0.15) is 21.5 Å². The number of rotatable bonds is 2. The van der Waals surface area contributed by atoms with E-state index < -0.39 is 5.97 Å². The summed E-state index contributed by atoms with van der Waals surface area (Å²) in [7, 11) is 0. The van der Waals surface area contributed by atoms with Crippen LogP contribution in [0.4, 0.5) is 0 Å². The highest BCUT2D eigenvalue weighted by atomic mass is 35.5. The summed E-state index contributed by atoms with van der Waals surface area (Å²) in [4.78, 5) is 12.1. The summed E-state index contributed by atoms with van der Waals surface area (Å²) in [5.74, 6) is -0.104. The summed E-state index contributed by atoms with van der Waals surface area (Å²) in [5.41, 5.74) is 1.95. The van der Waals surface area contributed by atoms with E-state index >= 15 is 0 Å². The van der Waals surface area contributed by atoms with Crippen LogP contribution in [0.5, 0.6) is 5.75 Å². The number of hydrogen-bond donors (Lipinski definition) is 0. The van der Waals surface area contributed by atoms with E-state index in [-0.39, 0.29) is 10.6 Å². The highest BCUT2D eigenvalue weighted by Crippen LogP contribution is 2.27. The van der Waals surface area contributed by atoms with Gasteiger partial charge in [0.25, 0.3) is 0 Å². The molecule has 0 atom stereocenters. The fraction of sp³-hybridized carbons (Fsp3) is 0.133. The molecule has 0 aliphatic rings. The van der Waals surface area contributed by atoms with Gasteiger partial charge < -0.3 is 4.74 Å². The molecule has 5 heteroatoms. The Morgan fingerprint density at radius 1 is 1.00 bits per heavy atom. The highest BCUT2D eigenvalue weighted by molar-refractivity contribution is 6.36. The topological polar surface area (TPSA) is 26.3 Å². The van der Waals surface area contributed by atoms with Gasteiger partial charge in [0, 0.05) is 10.0 Å². The van der Waals surface area contributed by atoms with Gasteiger partial charge in [-0.1, -0.05) is 34.8 Å². The van der Waals surface area contributed by atoms with Gasteiger partial charge in [-0.15, -0.1) is 0 Å². The van der Waals surface area contributed by atoms with Crippen LogP contribution in [0.3, 0.4) is 0 Å². The Kier molecular flexibility index (Phi) is 4.59. The normalized spacial score (nSPS) is 10.4. The number of ether oxygens (including phenoxy) is 1. The lowest BCUT2D eigenvalue weighted by Crippen LogP contribution is -2.09. The smallest absolute Gasteiger partial charge is 0.345 e. The molecule has 20 heavy (non-hydrogen) atoms. The van der Waals surface area contributed by atoms with Gasteiger partial charge in [-0.05, 0) is 55.3 Å². The number of hydrogen-bond acceptors (Lipinski definition) is 2. The second kappa shape index (κ2) is 6.04. The second-order valence-electron chi connectivity index (χ2n) is 4.38. The molecule has 0 heterocycles. The minimum atomic E-state index is -0.534. The summed E-state index contributed by atoms with van der Waals surface area (Å²) in [6, 6.07) is 8.03. The first-order chi connectivity index (χ1) is 9.38. The zero-order chi connectivity index (χ0) is 14.9. The van der Waals surface area contributed by atoms with E-state index in [2.05, 4.69) is 0 Å².